The highest BCUT2D eigenvalue weighted by Gasteiger charge is 2.21. The first-order valence-electron chi connectivity index (χ1n) is 8.42. The van der Waals surface area contributed by atoms with Crippen LogP contribution in [0.25, 0.3) is 22.0 Å². The lowest BCUT2D eigenvalue weighted by molar-refractivity contribution is 0.0692. The number of nitrogens with one attached hydrogen (secondary N) is 1. The van der Waals surface area contributed by atoms with E-state index < -0.39 is 5.97 Å². The summed E-state index contributed by atoms with van der Waals surface area (Å²) < 4.78 is 19.2. The Labute approximate surface area is 154 Å². The number of halogens is 1. The summed E-state index contributed by atoms with van der Waals surface area (Å²) >= 11 is 0. The second-order valence-corrected chi connectivity index (χ2v) is 6.21. The van der Waals surface area contributed by atoms with E-state index in [0.717, 1.165) is 10.9 Å². The zero-order chi connectivity index (χ0) is 19.0. The van der Waals surface area contributed by atoms with Crippen molar-refractivity contribution in [1.82, 2.24) is 4.98 Å². The molecular formula is C22H16FNO3. The standard InChI is InChI=1S/C22H16FNO3/c1-13-18(27-16-5-3-2-4-6-16)12-11-17-19(14-7-9-15(23)10-8-14)21(22(25)26)24-20(13)17/h2-12,24H,1H3,(H,25,26). The number of para-hydroxylation sites is 1. The number of aryl methyl sites for hydroxylation is 1. The molecule has 3 aromatic carbocycles. The van der Waals surface area contributed by atoms with E-state index in [0.29, 0.717) is 28.1 Å². The summed E-state index contributed by atoms with van der Waals surface area (Å²) in [5.74, 6) is -0.109. The molecule has 0 bridgehead atoms. The zero-order valence-electron chi connectivity index (χ0n) is 14.5. The first-order valence-corrected chi connectivity index (χ1v) is 8.42. The van der Waals surface area contributed by atoms with Gasteiger partial charge in [-0.2, -0.15) is 0 Å². The number of hydrogen-bond acceptors (Lipinski definition) is 2. The van der Waals surface area contributed by atoms with Gasteiger partial charge in [-0.05, 0) is 48.9 Å². The predicted molar refractivity (Wildman–Crippen MR) is 102 cm³/mol. The first-order chi connectivity index (χ1) is 13.0. The molecule has 1 heterocycles. The number of rotatable bonds is 4. The van der Waals surface area contributed by atoms with Crippen LogP contribution in [0, 0.1) is 12.7 Å². The molecule has 1 aromatic heterocycles. The van der Waals surface area contributed by atoms with Crippen LogP contribution in [0.3, 0.4) is 0 Å². The quantitative estimate of drug-likeness (QED) is 0.485. The molecule has 0 radical (unpaired) electrons. The molecule has 0 aliphatic rings. The van der Waals surface area contributed by atoms with Gasteiger partial charge in [0.25, 0.3) is 0 Å². The molecular weight excluding hydrogens is 345 g/mol. The van der Waals surface area contributed by atoms with Crippen molar-refractivity contribution in [2.75, 3.05) is 0 Å². The van der Waals surface area contributed by atoms with Crippen LogP contribution < -0.4 is 4.74 Å². The van der Waals surface area contributed by atoms with E-state index in [4.69, 9.17) is 4.74 Å². The molecule has 0 saturated carbocycles. The number of benzene rings is 3. The highest BCUT2D eigenvalue weighted by Crippen LogP contribution is 2.38. The Balaban J connectivity index is 1.89. The van der Waals surface area contributed by atoms with Gasteiger partial charge in [-0.3, -0.25) is 0 Å². The number of H-pyrrole nitrogens is 1. The van der Waals surface area contributed by atoms with E-state index in [9.17, 15) is 14.3 Å². The second-order valence-electron chi connectivity index (χ2n) is 6.21. The number of aromatic amines is 1. The van der Waals surface area contributed by atoms with Gasteiger partial charge in [-0.1, -0.05) is 30.3 Å². The summed E-state index contributed by atoms with van der Waals surface area (Å²) in [5, 5.41) is 10.4. The lowest BCUT2D eigenvalue weighted by Gasteiger charge is -2.10. The number of aromatic carboxylic acids is 1. The maximum atomic E-state index is 13.3. The Morgan fingerprint density at radius 2 is 1.70 bits per heavy atom. The number of carbonyl (C=O) groups is 1. The Morgan fingerprint density at radius 3 is 2.37 bits per heavy atom. The molecule has 0 unspecified atom stereocenters. The first kappa shape index (κ1) is 16.8. The molecule has 0 aliphatic carbocycles. The minimum Gasteiger partial charge on any atom is -0.477 e. The highest BCUT2D eigenvalue weighted by molar-refractivity contribution is 6.08. The van der Waals surface area contributed by atoms with Crippen LogP contribution in [-0.2, 0) is 0 Å². The largest absolute Gasteiger partial charge is 0.477 e. The Bertz CT molecular complexity index is 1130. The molecule has 0 amide bonds. The summed E-state index contributed by atoms with van der Waals surface area (Å²) in [5.41, 5.74) is 2.71. The summed E-state index contributed by atoms with van der Waals surface area (Å²) in [6, 6.07) is 18.8. The lowest BCUT2D eigenvalue weighted by Crippen LogP contribution is -1.98. The van der Waals surface area contributed by atoms with Gasteiger partial charge in [-0.25, -0.2) is 9.18 Å². The van der Waals surface area contributed by atoms with Crippen molar-refractivity contribution in [2.45, 2.75) is 6.92 Å². The van der Waals surface area contributed by atoms with Crippen molar-refractivity contribution < 1.29 is 19.0 Å². The number of fused-ring (bicyclic) bond motifs is 1. The van der Waals surface area contributed by atoms with Crippen LogP contribution in [0.5, 0.6) is 11.5 Å². The van der Waals surface area contributed by atoms with Crippen LogP contribution in [0.2, 0.25) is 0 Å². The van der Waals surface area contributed by atoms with Gasteiger partial charge in [0.05, 0.1) is 5.52 Å². The summed E-state index contributed by atoms with van der Waals surface area (Å²) in [7, 11) is 0. The molecule has 0 fully saturated rings. The van der Waals surface area contributed by atoms with Crippen LogP contribution in [0.4, 0.5) is 4.39 Å². The third-order valence-electron chi connectivity index (χ3n) is 4.50. The van der Waals surface area contributed by atoms with Crippen molar-refractivity contribution in [1.29, 1.82) is 0 Å². The van der Waals surface area contributed by atoms with Crippen molar-refractivity contribution in [2.24, 2.45) is 0 Å². The SMILES string of the molecule is Cc1c(Oc2ccccc2)ccc2c(-c3ccc(F)cc3)c(C(=O)O)[nH]c12. The van der Waals surface area contributed by atoms with E-state index in [2.05, 4.69) is 4.98 Å². The molecule has 0 saturated heterocycles. The summed E-state index contributed by atoms with van der Waals surface area (Å²) in [6.45, 7) is 1.87. The summed E-state index contributed by atoms with van der Waals surface area (Å²) in [6.07, 6.45) is 0. The maximum Gasteiger partial charge on any atom is 0.352 e. The molecule has 27 heavy (non-hydrogen) atoms. The van der Waals surface area contributed by atoms with Gasteiger partial charge >= 0.3 is 5.97 Å². The van der Waals surface area contributed by atoms with Crippen LogP contribution in [-0.4, -0.2) is 16.1 Å². The van der Waals surface area contributed by atoms with E-state index in [1.807, 2.05) is 49.4 Å². The average Bonchev–Trinajstić information content (AvgIpc) is 3.06. The number of carboxylic acids is 1. The van der Waals surface area contributed by atoms with Crippen molar-refractivity contribution in [3.8, 4) is 22.6 Å². The number of aromatic nitrogens is 1. The van der Waals surface area contributed by atoms with E-state index in [-0.39, 0.29) is 11.5 Å². The Hall–Kier alpha value is -3.60. The zero-order valence-corrected chi connectivity index (χ0v) is 14.5. The van der Waals surface area contributed by atoms with Crippen molar-refractivity contribution in [3.05, 3.63) is 83.8 Å². The molecule has 0 atom stereocenters. The number of hydrogen-bond donors (Lipinski definition) is 2. The van der Waals surface area contributed by atoms with E-state index >= 15 is 0 Å². The van der Waals surface area contributed by atoms with Crippen LogP contribution in [0.15, 0.2) is 66.7 Å². The third kappa shape index (κ3) is 3.04. The van der Waals surface area contributed by atoms with Crippen LogP contribution >= 0.6 is 0 Å². The minimum absolute atomic E-state index is 0.0663. The minimum atomic E-state index is -1.07. The molecule has 2 N–H and O–H groups in total. The van der Waals surface area contributed by atoms with Gasteiger partial charge in [0, 0.05) is 16.5 Å². The molecule has 0 aliphatic heterocycles. The van der Waals surface area contributed by atoms with Crippen LogP contribution in [0.1, 0.15) is 16.1 Å². The molecule has 0 spiro atoms. The molecule has 134 valence electrons. The number of ether oxygens (including phenoxy) is 1. The van der Waals surface area contributed by atoms with Gasteiger partial charge in [-0.15, -0.1) is 0 Å². The van der Waals surface area contributed by atoms with Gasteiger partial charge in [0.2, 0.25) is 0 Å². The average molecular weight is 361 g/mol. The normalized spacial score (nSPS) is 10.9. The molecule has 4 rings (SSSR count). The fourth-order valence-corrected chi connectivity index (χ4v) is 3.19. The van der Waals surface area contributed by atoms with E-state index in [1.165, 1.54) is 12.1 Å². The predicted octanol–water partition coefficient (Wildman–Crippen LogP) is 5.77. The van der Waals surface area contributed by atoms with Crippen molar-refractivity contribution >= 4 is 16.9 Å². The fraction of sp³-hybridized carbons (Fsp3) is 0.0455. The monoisotopic (exact) mass is 361 g/mol. The highest BCUT2D eigenvalue weighted by atomic mass is 19.1. The molecule has 5 heteroatoms. The van der Waals surface area contributed by atoms with Gasteiger partial charge in [0.1, 0.15) is 23.0 Å². The van der Waals surface area contributed by atoms with Gasteiger partial charge in [0.15, 0.2) is 0 Å². The smallest absolute Gasteiger partial charge is 0.352 e. The molecule has 4 aromatic rings. The third-order valence-corrected chi connectivity index (χ3v) is 4.50. The fourth-order valence-electron chi connectivity index (χ4n) is 3.19. The Morgan fingerprint density at radius 1 is 1.00 bits per heavy atom. The second kappa shape index (κ2) is 6.61. The number of carboxylic acid groups (broad SMARTS) is 1. The topological polar surface area (TPSA) is 62.3 Å². The van der Waals surface area contributed by atoms with Gasteiger partial charge < -0.3 is 14.8 Å². The van der Waals surface area contributed by atoms with E-state index in [1.54, 1.807) is 12.1 Å². The van der Waals surface area contributed by atoms with Crippen molar-refractivity contribution in [3.63, 3.8) is 0 Å². The lowest BCUT2D eigenvalue weighted by atomic mass is 10.0. The Kier molecular flexibility index (Phi) is 4.12. The summed E-state index contributed by atoms with van der Waals surface area (Å²) in [4.78, 5) is 14.8. The molecule has 4 nitrogen and oxygen atoms in total. The maximum absolute atomic E-state index is 13.3.